The lowest BCUT2D eigenvalue weighted by Gasteiger charge is -2.26. The largest absolute Gasteiger partial charge is 0.227 e. The van der Waals surface area contributed by atoms with Crippen molar-refractivity contribution in [2.45, 2.75) is 38.2 Å². The quantitative estimate of drug-likeness (QED) is 0.689. The van der Waals surface area contributed by atoms with E-state index in [1.165, 1.54) is 20.8 Å². The molecule has 0 saturated carbocycles. The number of hydrogen-bond acceptors (Lipinski definition) is 4. The van der Waals surface area contributed by atoms with E-state index in [1.807, 2.05) is 0 Å². The van der Waals surface area contributed by atoms with Gasteiger partial charge in [0.1, 0.15) is 8.98 Å². The van der Waals surface area contributed by atoms with Crippen LogP contribution in [-0.2, 0) is 19.7 Å². The van der Waals surface area contributed by atoms with Crippen LogP contribution in [0.25, 0.3) is 0 Å². The molecule has 0 fully saturated rings. The third-order valence-corrected chi connectivity index (χ3v) is 10.3. The molecule has 4 nitrogen and oxygen atoms in total. The van der Waals surface area contributed by atoms with E-state index in [1.54, 1.807) is 6.92 Å². The van der Waals surface area contributed by atoms with E-state index in [0.717, 1.165) is 0 Å². The molecule has 0 aliphatic heterocycles. The molecule has 0 rings (SSSR count). The molecule has 0 aromatic heterocycles. The topological polar surface area (TPSA) is 68.3 Å². The van der Waals surface area contributed by atoms with Crippen molar-refractivity contribution in [2.24, 2.45) is 0 Å². The predicted octanol–water partition coefficient (Wildman–Crippen LogP) is 4.05. The van der Waals surface area contributed by atoms with Crippen LogP contribution in [-0.4, -0.2) is 32.4 Å². The molecule has 122 valence electrons. The minimum absolute atomic E-state index is 0.0966. The maximum Gasteiger partial charge on any atom is 0.170 e. The zero-order valence-electron chi connectivity index (χ0n) is 11.6. The summed E-state index contributed by atoms with van der Waals surface area (Å²) in [5.41, 5.74) is 0. The predicted molar refractivity (Wildman–Crippen MR) is 88.1 cm³/mol. The Morgan fingerprint density at radius 2 is 1.05 bits per heavy atom. The zero-order valence-corrected chi connectivity index (χ0v) is 16.2. The second-order valence-corrected chi connectivity index (χ2v) is 11.4. The maximum absolute atomic E-state index is 11.7. The second kappa shape index (κ2) is 9.06. The smallest absolute Gasteiger partial charge is 0.170 e. The molecule has 0 spiro atoms. The van der Waals surface area contributed by atoms with Crippen LogP contribution in [0.2, 0.25) is 0 Å². The molecular formula is C10H18Cl4O4S2. The van der Waals surface area contributed by atoms with Crippen molar-refractivity contribution >= 4 is 66.1 Å². The van der Waals surface area contributed by atoms with Gasteiger partial charge in [0.15, 0.2) is 23.8 Å². The van der Waals surface area contributed by atoms with Crippen molar-refractivity contribution in [1.82, 2.24) is 0 Å². The Morgan fingerprint density at radius 3 is 1.15 bits per heavy atom. The molecule has 0 aromatic rings. The van der Waals surface area contributed by atoms with Crippen LogP contribution in [0, 0.1) is 0 Å². The van der Waals surface area contributed by atoms with Crippen molar-refractivity contribution in [2.75, 3.05) is 11.5 Å². The summed E-state index contributed by atoms with van der Waals surface area (Å²) in [6.07, 6.45) is 0.0966. The Balaban J connectivity index is 0. The summed E-state index contributed by atoms with van der Waals surface area (Å²) in [5, 5.41) is 0. The fraction of sp³-hybridized carbons (Fsp3) is 0.800. The summed E-state index contributed by atoms with van der Waals surface area (Å²) in [5.74, 6) is -0.285. The van der Waals surface area contributed by atoms with Gasteiger partial charge in [-0.25, -0.2) is 16.8 Å². The summed E-state index contributed by atoms with van der Waals surface area (Å²) < 4.78 is 44.9. The molecule has 0 heterocycles. The summed E-state index contributed by atoms with van der Waals surface area (Å²) in [7, 11) is -7.14. The van der Waals surface area contributed by atoms with Crippen molar-refractivity contribution in [3.8, 4) is 0 Å². The van der Waals surface area contributed by atoms with E-state index >= 15 is 0 Å². The SMILES string of the molecule is CCC(C)(S(=O)(=O)CC)S(=O)(=O)CC.ClC(Cl)=C(Cl)Cl. The highest BCUT2D eigenvalue weighted by Crippen LogP contribution is 2.29. The van der Waals surface area contributed by atoms with E-state index in [4.69, 9.17) is 46.4 Å². The Kier molecular flexibility index (Phi) is 10.4. The third kappa shape index (κ3) is 5.89. The van der Waals surface area contributed by atoms with Crippen molar-refractivity contribution in [1.29, 1.82) is 0 Å². The van der Waals surface area contributed by atoms with E-state index in [-0.39, 0.29) is 26.9 Å². The maximum atomic E-state index is 11.7. The molecule has 0 amide bonds. The average molecular weight is 408 g/mol. The monoisotopic (exact) mass is 406 g/mol. The van der Waals surface area contributed by atoms with Crippen LogP contribution in [0.3, 0.4) is 0 Å². The fourth-order valence-corrected chi connectivity index (χ4v) is 5.60. The van der Waals surface area contributed by atoms with Gasteiger partial charge in [-0.2, -0.15) is 0 Å². The van der Waals surface area contributed by atoms with Crippen LogP contribution < -0.4 is 0 Å². The first-order valence-electron chi connectivity index (χ1n) is 5.63. The summed E-state index contributed by atoms with van der Waals surface area (Å²) in [6.45, 7) is 5.81. The first-order valence-corrected chi connectivity index (χ1v) is 10.4. The lowest BCUT2D eigenvalue weighted by molar-refractivity contribution is 0.543. The molecule has 20 heavy (non-hydrogen) atoms. The van der Waals surface area contributed by atoms with Gasteiger partial charge in [0, 0.05) is 11.5 Å². The van der Waals surface area contributed by atoms with Crippen LogP contribution in [0.15, 0.2) is 8.98 Å². The molecule has 0 radical (unpaired) electrons. The molecule has 0 bridgehead atoms. The summed E-state index contributed by atoms with van der Waals surface area (Å²) in [6, 6.07) is 0. The number of rotatable bonds is 5. The summed E-state index contributed by atoms with van der Waals surface area (Å²) in [4.78, 5) is 0. The zero-order chi connectivity index (χ0) is 16.8. The standard InChI is InChI=1S/C8H18O4S2.C2Cl4/c1-5-8(4,13(9,10)6-2)14(11,12)7-3;3-1(4)2(5)6/h5-7H2,1-4H3;. The fourth-order valence-electron chi connectivity index (χ4n) is 1.24. The van der Waals surface area contributed by atoms with Gasteiger partial charge < -0.3 is 0 Å². The number of sulfone groups is 2. The Morgan fingerprint density at radius 1 is 0.800 bits per heavy atom. The Bertz CT molecular complexity index is 486. The molecular weight excluding hydrogens is 390 g/mol. The second-order valence-electron chi connectivity index (χ2n) is 3.82. The average Bonchev–Trinajstić information content (AvgIpc) is 2.37. The van der Waals surface area contributed by atoms with Gasteiger partial charge in [-0.15, -0.1) is 0 Å². The van der Waals surface area contributed by atoms with E-state index in [0.29, 0.717) is 0 Å². The van der Waals surface area contributed by atoms with E-state index in [2.05, 4.69) is 0 Å². The molecule has 0 saturated heterocycles. The van der Waals surface area contributed by atoms with Crippen LogP contribution in [0.5, 0.6) is 0 Å². The first-order chi connectivity index (χ1) is 8.82. The number of halogens is 4. The van der Waals surface area contributed by atoms with Gasteiger partial charge in [-0.1, -0.05) is 67.2 Å². The third-order valence-electron chi connectivity index (χ3n) is 2.86. The van der Waals surface area contributed by atoms with Gasteiger partial charge in [0.2, 0.25) is 0 Å². The van der Waals surface area contributed by atoms with Crippen LogP contribution >= 0.6 is 46.4 Å². The highest BCUT2D eigenvalue weighted by Gasteiger charge is 2.47. The van der Waals surface area contributed by atoms with Gasteiger partial charge in [0.05, 0.1) is 0 Å². The first kappa shape index (κ1) is 23.1. The van der Waals surface area contributed by atoms with Crippen molar-refractivity contribution < 1.29 is 16.8 Å². The summed E-state index contributed by atoms with van der Waals surface area (Å²) >= 11 is 20.0. The van der Waals surface area contributed by atoms with Crippen LogP contribution in [0.4, 0.5) is 0 Å². The molecule has 0 aromatic carbocycles. The van der Waals surface area contributed by atoms with Gasteiger partial charge >= 0.3 is 0 Å². The Labute approximate surface area is 141 Å². The lowest BCUT2D eigenvalue weighted by Crippen LogP contribution is -2.44. The lowest BCUT2D eigenvalue weighted by atomic mass is 10.4. The number of hydrogen-bond donors (Lipinski definition) is 0. The van der Waals surface area contributed by atoms with Crippen molar-refractivity contribution in [3.05, 3.63) is 8.98 Å². The molecule has 0 aliphatic carbocycles. The Hall–Kier alpha value is 0.800. The molecule has 0 unspecified atom stereocenters. The van der Waals surface area contributed by atoms with Gasteiger partial charge in [-0.05, 0) is 13.3 Å². The normalized spacial score (nSPS) is 12.4. The highest BCUT2D eigenvalue weighted by atomic mass is 35.5. The van der Waals surface area contributed by atoms with E-state index < -0.39 is 23.8 Å². The minimum Gasteiger partial charge on any atom is -0.227 e. The van der Waals surface area contributed by atoms with Gasteiger partial charge in [0.25, 0.3) is 0 Å². The molecule has 0 N–H and O–H groups in total. The molecule has 0 aliphatic rings. The van der Waals surface area contributed by atoms with E-state index in [9.17, 15) is 16.8 Å². The molecule has 10 heteroatoms. The van der Waals surface area contributed by atoms with Crippen molar-refractivity contribution in [3.63, 3.8) is 0 Å². The minimum atomic E-state index is -3.57. The van der Waals surface area contributed by atoms with Crippen LogP contribution in [0.1, 0.15) is 34.1 Å². The van der Waals surface area contributed by atoms with Gasteiger partial charge in [-0.3, -0.25) is 0 Å². The highest BCUT2D eigenvalue weighted by molar-refractivity contribution is 8.10. The molecule has 0 atom stereocenters.